The number of fused-ring (bicyclic) bond motifs is 1. The van der Waals surface area contributed by atoms with Crippen LogP contribution in [-0.2, 0) is 11.2 Å². The van der Waals surface area contributed by atoms with E-state index in [1.807, 2.05) is 0 Å². The first kappa shape index (κ1) is 15.6. The van der Waals surface area contributed by atoms with E-state index in [9.17, 15) is 22.4 Å². The minimum atomic E-state index is -4.94. The molecular weight excluding hydrogens is 338 g/mol. The fourth-order valence-electron chi connectivity index (χ4n) is 2.42. The van der Waals surface area contributed by atoms with Crippen LogP contribution in [0.15, 0.2) is 30.3 Å². The minimum absolute atomic E-state index is 0.0164. The average Bonchev–Trinajstić information content (AvgIpc) is 2.76. The van der Waals surface area contributed by atoms with E-state index < -0.39 is 17.9 Å². The van der Waals surface area contributed by atoms with Crippen LogP contribution < -0.4 is 10.1 Å². The predicted molar refractivity (Wildman–Crippen MR) is 75.9 cm³/mol. The van der Waals surface area contributed by atoms with E-state index >= 15 is 0 Å². The quantitative estimate of drug-likeness (QED) is 0.812. The number of anilines is 1. The molecule has 3 rings (SSSR count). The van der Waals surface area contributed by atoms with Gasteiger partial charge in [-0.25, -0.2) is 4.39 Å². The van der Waals surface area contributed by atoms with E-state index in [1.165, 1.54) is 18.2 Å². The molecule has 0 spiro atoms. The van der Waals surface area contributed by atoms with Crippen LogP contribution in [0.3, 0.4) is 0 Å². The van der Waals surface area contributed by atoms with Gasteiger partial charge >= 0.3 is 6.36 Å². The van der Waals surface area contributed by atoms with Crippen molar-refractivity contribution in [3.05, 3.63) is 46.7 Å². The minimum Gasteiger partial charge on any atom is -0.405 e. The van der Waals surface area contributed by atoms with E-state index in [0.29, 0.717) is 11.3 Å². The maximum absolute atomic E-state index is 14.3. The average molecular weight is 346 g/mol. The summed E-state index contributed by atoms with van der Waals surface area (Å²) in [4.78, 5) is 11.3. The third kappa shape index (κ3) is 3.10. The van der Waals surface area contributed by atoms with Crippen molar-refractivity contribution in [3.8, 4) is 16.9 Å². The highest BCUT2D eigenvalue weighted by Crippen LogP contribution is 2.42. The Morgan fingerprint density at radius 1 is 1.22 bits per heavy atom. The lowest BCUT2D eigenvalue weighted by Crippen LogP contribution is -2.17. The highest BCUT2D eigenvalue weighted by molar-refractivity contribution is 6.33. The third-order valence-corrected chi connectivity index (χ3v) is 3.60. The molecule has 120 valence electrons. The first-order chi connectivity index (χ1) is 10.7. The largest absolute Gasteiger partial charge is 0.573 e. The van der Waals surface area contributed by atoms with E-state index in [2.05, 4.69) is 10.1 Å². The molecule has 0 atom stereocenters. The van der Waals surface area contributed by atoms with Crippen LogP contribution in [0.1, 0.15) is 5.56 Å². The monoisotopic (exact) mass is 345 g/mol. The lowest BCUT2D eigenvalue weighted by Gasteiger charge is -2.15. The lowest BCUT2D eigenvalue weighted by molar-refractivity contribution is -0.274. The first-order valence-electron chi connectivity index (χ1n) is 6.41. The zero-order chi connectivity index (χ0) is 16.8. The zero-order valence-electron chi connectivity index (χ0n) is 11.3. The molecular formula is C15H8ClF4NO2. The molecule has 0 radical (unpaired) electrons. The van der Waals surface area contributed by atoms with Crippen LogP contribution >= 0.6 is 11.6 Å². The second-order valence-corrected chi connectivity index (χ2v) is 5.28. The molecule has 3 nitrogen and oxygen atoms in total. The van der Waals surface area contributed by atoms with Gasteiger partial charge in [-0.05, 0) is 29.8 Å². The summed E-state index contributed by atoms with van der Waals surface area (Å²) in [6.45, 7) is 0. The van der Waals surface area contributed by atoms with Crippen molar-refractivity contribution < 1.29 is 27.1 Å². The number of halogens is 5. The van der Waals surface area contributed by atoms with Crippen molar-refractivity contribution in [1.82, 2.24) is 0 Å². The number of hydrogen-bond acceptors (Lipinski definition) is 2. The first-order valence-corrected chi connectivity index (χ1v) is 6.79. The molecule has 1 heterocycles. The van der Waals surface area contributed by atoms with Gasteiger partial charge in [-0.3, -0.25) is 4.79 Å². The van der Waals surface area contributed by atoms with E-state index in [1.54, 1.807) is 0 Å². The van der Waals surface area contributed by atoms with Crippen LogP contribution in [0.4, 0.5) is 23.2 Å². The second-order valence-electron chi connectivity index (χ2n) is 4.87. The van der Waals surface area contributed by atoms with Crippen LogP contribution in [0.5, 0.6) is 5.75 Å². The molecule has 8 heteroatoms. The Bertz CT molecular complexity index is 805. The van der Waals surface area contributed by atoms with Gasteiger partial charge in [0, 0.05) is 16.8 Å². The van der Waals surface area contributed by atoms with E-state index in [-0.39, 0.29) is 28.5 Å². The molecule has 0 bridgehead atoms. The molecule has 23 heavy (non-hydrogen) atoms. The highest BCUT2D eigenvalue weighted by Gasteiger charge is 2.33. The summed E-state index contributed by atoms with van der Waals surface area (Å²) in [5.74, 6) is -1.74. The molecule has 0 unspecified atom stereocenters. The summed E-state index contributed by atoms with van der Waals surface area (Å²) >= 11 is 5.95. The van der Waals surface area contributed by atoms with Gasteiger partial charge < -0.3 is 10.1 Å². The Balaban J connectivity index is 2.16. The Labute approximate surface area is 132 Å². The van der Waals surface area contributed by atoms with Gasteiger partial charge in [0.05, 0.1) is 11.4 Å². The summed E-state index contributed by atoms with van der Waals surface area (Å²) < 4.78 is 55.8. The fourth-order valence-corrected chi connectivity index (χ4v) is 2.68. The smallest absolute Gasteiger partial charge is 0.405 e. The summed E-state index contributed by atoms with van der Waals surface area (Å²) in [5, 5.41) is 2.37. The van der Waals surface area contributed by atoms with Crippen molar-refractivity contribution in [2.45, 2.75) is 12.8 Å². The summed E-state index contributed by atoms with van der Waals surface area (Å²) in [6, 6.07) is 5.99. The Morgan fingerprint density at radius 3 is 2.65 bits per heavy atom. The summed E-state index contributed by atoms with van der Waals surface area (Å²) in [5.41, 5.74) is 0.391. The highest BCUT2D eigenvalue weighted by atomic mass is 35.5. The van der Waals surface area contributed by atoms with Crippen LogP contribution in [0, 0.1) is 5.82 Å². The van der Waals surface area contributed by atoms with Gasteiger partial charge in [-0.15, -0.1) is 13.2 Å². The Morgan fingerprint density at radius 2 is 1.96 bits per heavy atom. The molecule has 0 saturated carbocycles. The molecule has 2 aromatic rings. The number of nitrogens with one attached hydrogen (secondary N) is 1. The number of ether oxygens (including phenoxy) is 1. The van der Waals surface area contributed by atoms with E-state index in [0.717, 1.165) is 12.1 Å². The van der Waals surface area contributed by atoms with Crippen LogP contribution in [0.2, 0.25) is 5.02 Å². The number of alkyl halides is 3. The van der Waals surface area contributed by atoms with Crippen molar-refractivity contribution in [2.75, 3.05) is 5.32 Å². The SMILES string of the molecule is O=C1Cc2cc(-c3c(Cl)cccc3OC(F)(F)F)c(F)cc2N1. The molecule has 0 saturated heterocycles. The topological polar surface area (TPSA) is 38.3 Å². The standard InChI is InChI=1S/C15H8ClF4NO2/c16-9-2-1-3-12(23-15(18,19)20)14(9)8-4-7-5-13(22)21-11(7)6-10(8)17/h1-4,6H,5H2,(H,21,22). The number of carbonyl (C=O) groups is 1. The third-order valence-electron chi connectivity index (χ3n) is 3.29. The van der Waals surface area contributed by atoms with Gasteiger partial charge in [-0.2, -0.15) is 0 Å². The number of amides is 1. The number of hydrogen-bond donors (Lipinski definition) is 1. The molecule has 1 aliphatic heterocycles. The maximum Gasteiger partial charge on any atom is 0.573 e. The molecule has 1 N–H and O–H groups in total. The number of carbonyl (C=O) groups excluding carboxylic acids is 1. The Kier molecular flexibility index (Phi) is 3.68. The zero-order valence-corrected chi connectivity index (χ0v) is 12.1. The molecule has 1 amide bonds. The van der Waals surface area contributed by atoms with Gasteiger partial charge in [0.25, 0.3) is 0 Å². The fraction of sp³-hybridized carbons (Fsp3) is 0.133. The second kappa shape index (κ2) is 5.42. The van der Waals surface area contributed by atoms with Gasteiger partial charge in [0.15, 0.2) is 0 Å². The maximum atomic E-state index is 14.3. The normalized spacial score (nSPS) is 13.7. The lowest BCUT2D eigenvalue weighted by atomic mass is 10.00. The summed E-state index contributed by atoms with van der Waals surface area (Å²) in [6.07, 6.45) is -4.92. The Hall–Kier alpha value is -2.28. The molecule has 2 aromatic carbocycles. The van der Waals surface area contributed by atoms with Gasteiger partial charge in [-0.1, -0.05) is 17.7 Å². The van der Waals surface area contributed by atoms with Crippen molar-refractivity contribution in [2.24, 2.45) is 0 Å². The van der Waals surface area contributed by atoms with Crippen molar-refractivity contribution in [1.29, 1.82) is 0 Å². The predicted octanol–water partition coefficient (Wildman–Crippen LogP) is 4.54. The van der Waals surface area contributed by atoms with Crippen LogP contribution in [0.25, 0.3) is 11.1 Å². The van der Waals surface area contributed by atoms with Gasteiger partial charge in [0.2, 0.25) is 5.91 Å². The summed E-state index contributed by atoms with van der Waals surface area (Å²) in [7, 11) is 0. The van der Waals surface area contributed by atoms with E-state index in [4.69, 9.17) is 11.6 Å². The number of rotatable bonds is 2. The molecule has 1 aliphatic rings. The van der Waals surface area contributed by atoms with Crippen molar-refractivity contribution >= 4 is 23.2 Å². The molecule has 0 aliphatic carbocycles. The van der Waals surface area contributed by atoms with Gasteiger partial charge in [0.1, 0.15) is 11.6 Å². The number of benzene rings is 2. The molecule has 0 aromatic heterocycles. The molecule has 0 fully saturated rings. The van der Waals surface area contributed by atoms with Crippen LogP contribution in [-0.4, -0.2) is 12.3 Å². The van der Waals surface area contributed by atoms with Crippen molar-refractivity contribution in [3.63, 3.8) is 0 Å².